The number of methoxy groups -OCH3 is 1. The molecule has 0 amide bonds. The summed E-state index contributed by atoms with van der Waals surface area (Å²) in [5, 5.41) is 3.48. The van der Waals surface area contributed by atoms with Crippen molar-refractivity contribution in [3.05, 3.63) is 23.7 Å². The predicted molar refractivity (Wildman–Crippen MR) is 79.3 cm³/mol. The normalized spacial score (nSPS) is 19.6. The zero-order chi connectivity index (χ0) is 15.1. The summed E-state index contributed by atoms with van der Waals surface area (Å²) in [4.78, 5) is 11.5. The topological polar surface area (TPSA) is 60.7 Å². The van der Waals surface area contributed by atoms with Gasteiger partial charge in [0.05, 0.1) is 19.3 Å². The molecule has 2 unspecified atom stereocenters. The van der Waals surface area contributed by atoms with Crippen molar-refractivity contribution >= 4 is 5.97 Å². The van der Waals surface area contributed by atoms with Crippen LogP contribution in [-0.2, 0) is 9.47 Å². The Morgan fingerprint density at radius 1 is 1.52 bits per heavy atom. The van der Waals surface area contributed by atoms with Crippen molar-refractivity contribution in [2.45, 2.75) is 51.2 Å². The molecule has 5 heteroatoms. The van der Waals surface area contributed by atoms with E-state index < -0.39 is 5.97 Å². The molecule has 0 bridgehead atoms. The minimum Gasteiger partial charge on any atom is -0.463 e. The molecule has 21 heavy (non-hydrogen) atoms. The first-order chi connectivity index (χ1) is 10.2. The number of carbonyl (C=O) groups excluding carboxylic acids is 1. The van der Waals surface area contributed by atoms with Crippen LogP contribution in [0.1, 0.15) is 61.4 Å². The van der Waals surface area contributed by atoms with Crippen molar-refractivity contribution < 1.29 is 18.7 Å². The maximum Gasteiger partial charge on any atom is 0.373 e. The van der Waals surface area contributed by atoms with Gasteiger partial charge in [-0.15, -0.1) is 0 Å². The fourth-order valence-electron chi connectivity index (χ4n) is 2.64. The molecular formula is C16H25NO4. The van der Waals surface area contributed by atoms with E-state index in [9.17, 15) is 4.79 Å². The molecule has 0 spiro atoms. The van der Waals surface area contributed by atoms with Gasteiger partial charge in [0.15, 0.2) is 0 Å². The van der Waals surface area contributed by atoms with Crippen LogP contribution in [0.25, 0.3) is 0 Å². The van der Waals surface area contributed by atoms with Crippen LogP contribution in [0.15, 0.2) is 16.5 Å². The minimum absolute atomic E-state index is 0.118. The number of esters is 1. The Kier molecular flexibility index (Phi) is 6.26. The van der Waals surface area contributed by atoms with Gasteiger partial charge < -0.3 is 19.2 Å². The largest absolute Gasteiger partial charge is 0.463 e. The SMILES string of the molecule is CCCNC(CCC1CCCO1)c1ccc(C(=O)OC)o1. The maximum atomic E-state index is 11.5. The summed E-state index contributed by atoms with van der Waals surface area (Å²) in [6.07, 6.45) is 5.68. The van der Waals surface area contributed by atoms with Crippen molar-refractivity contribution in [1.29, 1.82) is 0 Å². The third-order valence-corrected chi connectivity index (χ3v) is 3.80. The summed E-state index contributed by atoms with van der Waals surface area (Å²) in [5.41, 5.74) is 0. The van der Waals surface area contributed by atoms with Crippen LogP contribution in [0.3, 0.4) is 0 Å². The molecule has 118 valence electrons. The van der Waals surface area contributed by atoms with Crippen molar-refractivity contribution in [3.63, 3.8) is 0 Å². The molecule has 1 N–H and O–H groups in total. The van der Waals surface area contributed by atoms with Crippen LogP contribution < -0.4 is 5.32 Å². The summed E-state index contributed by atoms with van der Waals surface area (Å²) < 4.78 is 16.0. The van der Waals surface area contributed by atoms with E-state index in [4.69, 9.17) is 9.15 Å². The Balaban J connectivity index is 1.96. The molecule has 0 aliphatic carbocycles. The third-order valence-electron chi connectivity index (χ3n) is 3.80. The lowest BCUT2D eigenvalue weighted by Crippen LogP contribution is -2.23. The Labute approximate surface area is 126 Å². The Hall–Kier alpha value is -1.33. The first kappa shape index (κ1) is 16.0. The van der Waals surface area contributed by atoms with Gasteiger partial charge in [-0.25, -0.2) is 4.79 Å². The molecule has 1 aliphatic heterocycles. The monoisotopic (exact) mass is 295 g/mol. The van der Waals surface area contributed by atoms with Crippen LogP contribution in [0.5, 0.6) is 0 Å². The summed E-state index contributed by atoms with van der Waals surface area (Å²) in [5.74, 6) is 0.615. The smallest absolute Gasteiger partial charge is 0.373 e. The number of ether oxygens (including phenoxy) is 2. The van der Waals surface area contributed by atoms with Crippen LogP contribution in [0.2, 0.25) is 0 Å². The molecular weight excluding hydrogens is 270 g/mol. The second-order valence-electron chi connectivity index (χ2n) is 5.41. The lowest BCUT2D eigenvalue weighted by Gasteiger charge is -2.18. The first-order valence-corrected chi connectivity index (χ1v) is 7.77. The highest BCUT2D eigenvalue weighted by Gasteiger charge is 2.21. The number of nitrogens with one attached hydrogen (secondary N) is 1. The highest BCUT2D eigenvalue weighted by Crippen LogP contribution is 2.25. The molecule has 0 saturated carbocycles. The van der Waals surface area contributed by atoms with E-state index in [-0.39, 0.29) is 11.8 Å². The second-order valence-corrected chi connectivity index (χ2v) is 5.41. The molecule has 0 radical (unpaired) electrons. The third kappa shape index (κ3) is 4.58. The van der Waals surface area contributed by atoms with Gasteiger partial charge in [0, 0.05) is 6.61 Å². The molecule has 2 rings (SSSR count). The molecule has 1 saturated heterocycles. The molecule has 1 aromatic rings. The fraction of sp³-hybridized carbons (Fsp3) is 0.688. The van der Waals surface area contributed by atoms with E-state index in [0.29, 0.717) is 6.10 Å². The molecule has 1 aromatic heterocycles. The summed E-state index contributed by atoms with van der Waals surface area (Å²) in [6, 6.07) is 3.65. The molecule has 5 nitrogen and oxygen atoms in total. The van der Waals surface area contributed by atoms with E-state index in [2.05, 4.69) is 17.0 Å². The number of hydrogen-bond donors (Lipinski definition) is 1. The summed E-state index contributed by atoms with van der Waals surface area (Å²) in [7, 11) is 1.36. The van der Waals surface area contributed by atoms with Gasteiger partial charge in [-0.1, -0.05) is 6.92 Å². The maximum absolute atomic E-state index is 11.5. The van der Waals surface area contributed by atoms with Crippen LogP contribution in [-0.4, -0.2) is 32.3 Å². The number of rotatable bonds is 8. The standard InChI is InChI=1S/C16H25NO4/c1-3-10-17-13(7-6-12-5-4-11-20-12)14-8-9-15(21-14)16(18)19-2/h8-9,12-13,17H,3-7,10-11H2,1-2H3. The first-order valence-electron chi connectivity index (χ1n) is 7.77. The zero-order valence-corrected chi connectivity index (χ0v) is 12.9. The van der Waals surface area contributed by atoms with Gasteiger partial charge in [-0.05, 0) is 50.8 Å². The molecule has 1 aliphatic rings. The van der Waals surface area contributed by atoms with Crippen LogP contribution in [0, 0.1) is 0 Å². The van der Waals surface area contributed by atoms with Gasteiger partial charge in [-0.2, -0.15) is 0 Å². The van der Waals surface area contributed by atoms with E-state index >= 15 is 0 Å². The second kappa shape index (κ2) is 8.20. The van der Waals surface area contributed by atoms with E-state index in [1.54, 1.807) is 6.07 Å². The average Bonchev–Trinajstić information content (AvgIpc) is 3.18. The van der Waals surface area contributed by atoms with Crippen molar-refractivity contribution in [1.82, 2.24) is 5.32 Å². The van der Waals surface area contributed by atoms with Gasteiger partial charge in [0.25, 0.3) is 0 Å². The Morgan fingerprint density at radius 2 is 2.38 bits per heavy atom. The van der Waals surface area contributed by atoms with Crippen LogP contribution in [0.4, 0.5) is 0 Å². The highest BCUT2D eigenvalue weighted by atomic mass is 16.5. The minimum atomic E-state index is -0.436. The highest BCUT2D eigenvalue weighted by molar-refractivity contribution is 5.86. The van der Waals surface area contributed by atoms with Crippen LogP contribution >= 0.6 is 0 Å². The van der Waals surface area contributed by atoms with Gasteiger partial charge in [0.1, 0.15) is 5.76 Å². The zero-order valence-electron chi connectivity index (χ0n) is 12.9. The summed E-state index contributed by atoms with van der Waals surface area (Å²) >= 11 is 0. The predicted octanol–water partition coefficient (Wildman–Crippen LogP) is 3.07. The quantitative estimate of drug-likeness (QED) is 0.747. The summed E-state index contributed by atoms with van der Waals surface area (Å²) in [6.45, 7) is 3.93. The van der Waals surface area contributed by atoms with Crippen molar-refractivity contribution in [2.75, 3.05) is 20.3 Å². The van der Waals surface area contributed by atoms with Crippen molar-refractivity contribution in [3.8, 4) is 0 Å². The van der Waals surface area contributed by atoms with Crippen molar-refractivity contribution in [2.24, 2.45) is 0 Å². The Morgan fingerprint density at radius 3 is 3.05 bits per heavy atom. The van der Waals surface area contributed by atoms with E-state index in [0.717, 1.165) is 51.0 Å². The van der Waals surface area contributed by atoms with Gasteiger partial charge >= 0.3 is 5.97 Å². The molecule has 1 fully saturated rings. The fourth-order valence-corrected chi connectivity index (χ4v) is 2.64. The van der Waals surface area contributed by atoms with Gasteiger partial charge in [-0.3, -0.25) is 0 Å². The lowest BCUT2D eigenvalue weighted by molar-refractivity contribution is 0.0561. The molecule has 2 atom stereocenters. The van der Waals surface area contributed by atoms with E-state index in [1.165, 1.54) is 7.11 Å². The number of furan rings is 1. The number of carbonyl (C=O) groups is 1. The van der Waals surface area contributed by atoms with E-state index in [1.807, 2.05) is 6.07 Å². The van der Waals surface area contributed by atoms with Gasteiger partial charge in [0.2, 0.25) is 5.76 Å². The molecule has 2 heterocycles. The Bertz CT molecular complexity index is 437. The molecule has 0 aromatic carbocycles. The average molecular weight is 295 g/mol. The lowest BCUT2D eigenvalue weighted by atomic mass is 10.0. The number of hydrogen-bond acceptors (Lipinski definition) is 5.